The van der Waals surface area contributed by atoms with E-state index < -0.39 is 0 Å². The normalized spacial score (nSPS) is 24.1. The van der Waals surface area contributed by atoms with Crippen LogP contribution in [0.25, 0.3) is 0 Å². The second-order valence-corrected chi connectivity index (χ2v) is 7.68. The van der Waals surface area contributed by atoms with Crippen LogP contribution in [0, 0.1) is 5.41 Å². The molecule has 0 bridgehead atoms. The molecule has 1 N–H and O–H groups in total. The molecule has 4 nitrogen and oxygen atoms in total. The number of thioether (sulfide) groups is 1. The Morgan fingerprint density at radius 3 is 2.67 bits per heavy atom. The van der Waals surface area contributed by atoms with Crippen LogP contribution in [0.3, 0.4) is 0 Å². The lowest BCUT2D eigenvalue weighted by Gasteiger charge is -2.35. The molecule has 0 aliphatic carbocycles. The lowest BCUT2D eigenvalue weighted by molar-refractivity contribution is 0.0693. The lowest BCUT2D eigenvalue weighted by atomic mass is 9.87. The maximum Gasteiger partial charge on any atom is 0.261 e. The molecule has 1 unspecified atom stereocenters. The predicted octanol–water partition coefficient (Wildman–Crippen LogP) is 2.86. The van der Waals surface area contributed by atoms with Crippen molar-refractivity contribution in [3.8, 4) is 0 Å². The first kappa shape index (κ1) is 14.4. The second kappa shape index (κ2) is 5.05. The Morgan fingerprint density at radius 2 is 1.95 bits per heavy atom. The van der Waals surface area contributed by atoms with Gasteiger partial charge >= 0.3 is 0 Å². The first-order valence-corrected chi connectivity index (χ1v) is 8.34. The van der Waals surface area contributed by atoms with E-state index in [1.165, 1.54) is 17.7 Å². The minimum absolute atomic E-state index is 0.211. The fourth-order valence-electron chi connectivity index (χ4n) is 3.04. The third-order valence-electron chi connectivity index (χ3n) is 4.07. The molecule has 2 aliphatic heterocycles. The Bertz CT molecular complexity index is 612. The van der Waals surface area contributed by atoms with Gasteiger partial charge in [0.05, 0.1) is 11.1 Å². The lowest BCUT2D eigenvalue weighted by Crippen LogP contribution is -2.35. The summed E-state index contributed by atoms with van der Waals surface area (Å²) in [6.45, 7) is 4.57. The largest absolute Gasteiger partial charge is 0.381 e. The van der Waals surface area contributed by atoms with Gasteiger partial charge < -0.3 is 5.32 Å². The van der Waals surface area contributed by atoms with Gasteiger partial charge in [0.1, 0.15) is 0 Å². The van der Waals surface area contributed by atoms with E-state index >= 15 is 0 Å². The molecule has 112 valence electrons. The number of fused-ring (bicyclic) bond motifs is 1. The monoisotopic (exact) mass is 304 g/mol. The number of amides is 2. The summed E-state index contributed by atoms with van der Waals surface area (Å²) in [5, 5.41) is 3.51. The van der Waals surface area contributed by atoms with Gasteiger partial charge in [-0.15, -0.1) is 0 Å². The standard InChI is InChI=1S/C16H20N2O2S/c1-16(2)7-11(8-21-9-16)17-10-4-5-12-13(6-10)15(20)18(3)14(12)19/h4-6,11,17H,7-9H2,1-3H3. The minimum atomic E-state index is -0.212. The number of imide groups is 1. The van der Waals surface area contributed by atoms with Crippen molar-refractivity contribution >= 4 is 29.3 Å². The van der Waals surface area contributed by atoms with Crippen LogP contribution in [0.2, 0.25) is 0 Å². The van der Waals surface area contributed by atoms with Crippen LogP contribution in [-0.2, 0) is 0 Å². The Kier molecular flexibility index (Phi) is 3.48. The Labute approximate surface area is 129 Å². The summed E-state index contributed by atoms with van der Waals surface area (Å²) >= 11 is 1.96. The molecule has 1 saturated heterocycles. The van der Waals surface area contributed by atoms with Crippen molar-refractivity contribution in [2.24, 2.45) is 5.41 Å². The first-order valence-electron chi connectivity index (χ1n) is 7.18. The van der Waals surface area contributed by atoms with Gasteiger partial charge in [0.2, 0.25) is 0 Å². The van der Waals surface area contributed by atoms with Crippen LogP contribution in [0.1, 0.15) is 41.0 Å². The third kappa shape index (κ3) is 2.67. The fourth-order valence-corrected chi connectivity index (χ4v) is 4.32. The molecule has 2 amide bonds. The van der Waals surface area contributed by atoms with Crippen molar-refractivity contribution in [2.75, 3.05) is 23.9 Å². The molecule has 2 heterocycles. The van der Waals surface area contributed by atoms with E-state index in [1.54, 1.807) is 6.07 Å². The van der Waals surface area contributed by atoms with Crippen molar-refractivity contribution in [1.29, 1.82) is 0 Å². The van der Waals surface area contributed by atoms with Crippen molar-refractivity contribution in [1.82, 2.24) is 4.90 Å². The molecule has 21 heavy (non-hydrogen) atoms. The van der Waals surface area contributed by atoms with E-state index in [2.05, 4.69) is 19.2 Å². The molecular weight excluding hydrogens is 284 g/mol. The quantitative estimate of drug-likeness (QED) is 0.854. The summed E-state index contributed by atoms with van der Waals surface area (Å²) in [4.78, 5) is 25.1. The Morgan fingerprint density at radius 1 is 1.24 bits per heavy atom. The van der Waals surface area contributed by atoms with E-state index in [0.717, 1.165) is 17.9 Å². The Hall–Kier alpha value is -1.49. The number of rotatable bonds is 2. The second-order valence-electron chi connectivity index (χ2n) is 6.65. The van der Waals surface area contributed by atoms with Gasteiger partial charge in [-0.2, -0.15) is 11.8 Å². The average molecular weight is 304 g/mol. The molecule has 0 spiro atoms. The SMILES string of the molecule is CN1C(=O)c2ccc(NC3CSCC(C)(C)C3)cc2C1=O. The molecule has 2 aliphatic rings. The zero-order valence-electron chi connectivity index (χ0n) is 12.6. The molecule has 0 radical (unpaired) electrons. The molecule has 1 fully saturated rings. The van der Waals surface area contributed by atoms with Gasteiger partial charge in [-0.1, -0.05) is 13.8 Å². The topological polar surface area (TPSA) is 49.4 Å². The maximum atomic E-state index is 12.0. The number of hydrogen-bond acceptors (Lipinski definition) is 4. The van der Waals surface area contributed by atoms with E-state index in [1.807, 2.05) is 23.9 Å². The summed E-state index contributed by atoms with van der Waals surface area (Å²) < 4.78 is 0. The van der Waals surface area contributed by atoms with Gasteiger partial charge in [0.15, 0.2) is 0 Å². The summed E-state index contributed by atoms with van der Waals surface area (Å²) in [5.41, 5.74) is 2.28. The van der Waals surface area contributed by atoms with E-state index in [0.29, 0.717) is 22.6 Å². The molecule has 5 heteroatoms. The number of benzene rings is 1. The first-order chi connectivity index (χ1) is 9.87. The number of hydrogen-bond donors (Lipinski definition) is 1. The highest BCUT2D eigenvalue weighted by Gasteiger charge is 2.33. The zero-order chi connectivity index (χ0) is 15.2. The minimum Gasteiger partial charge on any atom is -0.381 e. The molecule has 0 saturated carbocycles. The Balaban J connectivity index is 1.80. The summed E-state index contributed by atoms with van der Waals surface area (Å²) in [6, 6.07) is 5.87. The van der Waals surface area contributed by atoms with Crippen LogP contribution < -0.4 is 5.32 Å². The van der Waals surface area contributed by atoms with E-state index in [9.17, 15) is 9.59 Å². The summed E-state index contributed by atoms with van der Waals surface area (Å²) in [7, 11) is 1.53. The number of carbonyl (C=O) groups excluding carboxylic acids is 2. The summed E-state index contributed by atoms with van der Waals surface area (Å²) in [6.07, 6.45) is 1.11. The molecular formula is C16H20N2O2S. The third-order valence-corrected chi connectivity index (χ3v) is 5.69. The van der Waals surface area contributed by atoms with Crippen molar-refractivity contribution < 1.29 is 9.59 Å². The zero-order valence-corrected chi connectivity index (χ0v) is 13.4. The van der Waals surface area contributed by atoms with Gasteiger partial charge in [-0.3, -0.25) is 14.5 Å². The van der Waals surface area contributed by atoms with Crippen LogP contribution in [0.15, 0.2) is 18.2 Å². The summed E-state index contributed by atoms with van der Waals surface area (Å²) in [5.74, 6) is 1.84. The van der Waals surface area contributed by atoms with Crippen LogP contribution in [-0.4, -0.2) is 41.3 Å². The molecule has 1 aromatic carbocycles. The van der Waals surface area contributed by atoms with Crippen molar-refractivity contribution in [3.05, 3.63) is 29.3 Å². The average Bonchev–Trinajstić information content (AvgIpc) is 2.63. The van der Waals surface area contributed by atoms with Gasteiger partial charge in [0.25, 0.3) is 11.8 Å². The molecule has 1 atom stereocenters. The van der Waals surface area contributed by atoms with Gasteiger partial charge in [0, 0.05) is 24.5 Å². The number of carbonyl (C=O) groups is 2. The van der Waals surface area contributed by atoms with Crippen LogP contribution in [0.4, 0.5) is 5.69 Å². The molecule has 3 rings (SSSR count). The van der Waals surface area contributed by atoms with Gasteiger partial charge in [-0.05, 0) is 35.8 Å². The number of anilines is 1. The molecule has 1 aromatic rings. The number of nitrogens with zero attached hydrogens (tertiary/aromatic N) is 1. The predicted molar refractivity (Wildman–Crippen MR) is 86.0 cm³/mol. The fraction of sp³-hybridized carbons (Fsp3) is 0.500. The highest BCUT2D eigenvalue weighted by Crippen LogP contribution is 2.35. The van der Waals surface area contributed by atoms with Crippen LogP contribution in [0.5, 0.6) is 0 Å². The van der Waals surface area contributed by atoms with E-state index in [4.69, 9.17) is 0 Å². The van der Waals surface area contributed by atoms with Crippen molar-refractivity contribution in [2.45, 2.75) is 26.3 Å². The number of nitrogens with one attached hydrogen (secondary N) is 1. The van der Waals surface area contributed by atoms with E-state index in [-0.39, 0.29) is 11.8 Å². The highest BCUT2D eigenvalue weighted by atomic mass is 32.2. The smallest absolute Gasteiger partial charge is 0.261 e. The van der Waals surface area contributed by atoms with Gasteiger partial charge in [-0.25, -0.2) is 0 Å². The highest BCUT2D eigenvalue weighted by molar-refractivity contribution is 7.99. The maximum absolute atomic E-state index is 12.0. The van der Waals surface area contributed by atoms with Crippen LogP contribution >= 0.6 is 11.8 Å². The molecule has 0 aromatic heterocycles. The van der Waals surface area contributed by atoms with Crippen molar-refractivity contribution in [3.63, 3.8) is 0 Å².